The standard InChI is InChI=1S/C24H24Cl2FNO/c1-28(17-18-9-12-21(27)13-10-18)15-5-8-23(19-6-3-2-4-7-19)29-24-16-20(25)11-14-22(24)26/h2-4,6-7,9-14,16,23H,5,8,15,17H2,1H3/t23-/m1/s1. The zero-order chi connectivity index (χ0) is 20.6. The molecule has 0 aliphatic rings. The monoisotopic (exact) mass is 431 g/mol. The molecule has 29 heavy (non-hydrogen) atoms. The molecule has 2 nitrogen and oxygen atoms in total. The van der Waals surface area contributed by atoms with Gasteiger partial charge in [0.25, 0.3) is 0 Å². The van der Waals surface area contributed by atoms with Gasteiger partial charge in [0.05, 0.1) is 5.02 Å². The van der Waals surface area contributed by atoms with E-state index in [9.17, 15) is 4.39 Å². The van der Waals surface area contributed by atoms with Crippen LogP contribution in [0.2, 0.25) is 10.0 Å². The number of benzene rings is 3. The molecule has 152 valence electrons. The summed E-state index contributed by atoms with van der Waals surface area (Å²) in [4.78, 5) is 2.22. The summed E-state index contributed by atoms with van der Waals surface area (Å²) in [6, 6.07) is 22.0. The van der Waals surface area contributed by atoms with E-state index in [0.29, 0.717) is 15.8 Å². The lowest BCUT2D eigenvalue weighted by molar-refractivity contribution is 0.183. The molecule has 0 fully saturated rings. The third-order valence-corrected chi connectivity index (χ3v) is 5.25. The van der Waals surface area contributed by atoms with Crippen LogP contribution in [0.15, 0.2) is 72.8 Å². The van der Waals surface area contributed by atoms with E-state index >= 15 is 0 Å². The van der Waals surface area contributed by atoms with Gasteiger partial charge in [-0.3, -0.25) is 0 Å². The summed E-state index contributed by atoms with van der Waals surface area (Å²) in [6.07, 6.45) is 1.65. The van der Waals surface area contributed by atoms with Gasteiger partial charge in [0.1, 0.15) is 17.7 Å². The van der Waals surface area contributed by atoms with Gasteiger partial charge in [-0.2, -0.15) is 0 Å². The molecule has 0 unspecified atom stereocenters. The highest BCUT2D eigenvalue weighted by Gasteiger charge is 2.16. The molecule has 3 aromatic carbocycles. The molecule has 0 aromatic heterocycles. The Morgan fingerprint density at radius 3 is 2.41 bits per heavy atom. The van der Waals surface area contributed by atoms with E-state index in [-0.39, 0.29) is 11.9 Å². The molecule has 0 saturated carbocycles. The van der Waals surface area contributed by atoms with E-state index < -0.39 is 0 Å². The molecule has 5 heteroatoms. The third-order valence-electron chi connectivity index (χ3n) is 4.71. The minimum Gasteiger partial charge on any atom is -0.484 e. The van der Waals surface area contributed by atoms with E-state index in [1.807, 2.05) is 30.3 Å². The molecule has 0 aliphatic carbocycles. The molecule has 3 aromatic rings. The summed E-state index contributed by atoms with van der Waals surface area (Å²) < 4.78 is 19.3. The largest absolute Gasteiger partial charge is 0.484 e. The van der Waals surface area contributed by atoms with Gasteiger partial charge in [0.15, 0.2) is 0 Å². The van der Waals surface area contributed by atoms with Crippen molar-refractivity contribution in [3.63, 3.8) is 0 Å². The highest BCUT2D eigenvalue weighted by molar-refractivity contribution is 6.34. The van der Waals surface area contributed by atoms with Gasteiger partial charge < -0.3 is 9.64 Å². The number of halogens is 3. The van der Waals surface area contributed by atoms with E-state index in [2.05, 4.69) is 24.1 Å². The fourth-order valence-electron chi connectivity index (χ4n) is 3.21. The van der Waals surface area contributed by atoms with Crippen LogP contribution < -0.4 is 4.74 Å². The van der Waals surface area contributed by atoms with Gasteiger partial charge in [-0.05, 0) is 61.8 Å². The minimum absolute atomic E-state index is 0.119. The SMILES string of the molecule is CN(CCC[C@@H](Oc1cc(Cl)ccc1Cl)c1ccccc1)Cc1ccc(F)cc1. The Hall–Kier alpha value is -2.07. The highest BCUT2D eigenvalue weighted by Crippen LogP contribution is 2.33. The molecule has 0 N–H and O–H groups in total. The Bertz CT molecular complexity index is 903. The average molecular weight is 432 g/mol. The summed E-state index contributed by atoms with van der Waals surface area (Å²) in [5.74, 6) is 0.381. The topological polar surface area (TPSA) is 12.5 Å². The lowest BCUT2D eigenvalue weighted by Crippen LogP contribution is -2.20. The van der Waals surface area contributed by atoms with Gasteiger partial charge in [-0.25, -0.2) is 4.39 Å². The molecular formula is C24H24Cl2FNO. The van der Waals surface area contributed by atoms with E-state index in [1.165, 1.54) is 12.1 Å². The molecule has 0 spiro atoms. The quantitative estimate of drug-likeness (QED) is 0.356. The molecule has 0 amide bonds. The Morgan fingerprint density at radius 1 is 0.966 bits per heavy atom. The van der Waals surface area contributed by atoms with Crippen molar-refractivity contribution in [3.8, 4) is 5.75 Å². The molecule has 0 bridgehead atoms. The Morgan fingerprint density at radius 2 is 1.69 bits per heavy atom. The van der Waals surface area contributed by atoms with Crippen molar-refractivity contribution < 1.29 is 9.13 Å². The van der Waals surface area contributed by atoms with Crippen molar-refractivity contribution in [2.24, 2.45) is 0 Å². The van der Waals surface area contributed by atoms with Crippen molar-refractivity contribution in [2.75, 3.05) is 13.6 Å². The summed E-state index contributed by atoms with van der Waals surface area (Å²) in [5, 5.41) is 1.14. The van der Waals surface area contributed by atoms with Crippen LogP contribution in [0.4, 0.5) is 4.39 Å². The second kappa shape index (κ2) is 10.6. The summed E-state index contributed by atoms with van der Waals surface area (Å²) in [5.41, 5.74) is 2.19. The first-order valence-electron chi connectivity index (χ1n) is 9.61. The first-order chi connectivity index (χ1) is 14.0. The number of rotatable bonds is 9. The van der Waals surface area contributed by atoms with Gasteiger partial charge in [0.2, 0.25) is 0 Å². The molecule has 1 atom stereocenters. The van der Waals surface area contributed by atoms with Crippen molar-refractivity contribution in [1.29, 1.82) is 0 Å². The van der Waals surface area contributed by atoms with Crippen LogP contribution in [-0.4, -0.2) is 18.5 Å². The highest BCUT2D eigenvalue weighted by atomic mass is 35.5. The maximum absolute atomic E-state index is 13.1. The van der Waals surface area contributed by atoms with Crippen molar-refractivity contribution in [3.05, 3.63) is 99.8 Å². The van der Waals surface area contributed by atoms with Crippen LogP contribution in [0, 0.1) is 5.82 Å². The predicted molar refractivity (Wildman–Crippen MR) is 118 cm³/mol. The molecule has 0 aliphatic heterocycles. The van der Waals surface area contributed by atoms with E-state index in [0.717, 1.165) is 37.1 Å². The lowest BCUT2D eigenvalue weighted by Gasteiger charge is -2.22. The van der Waals surface area contributed by atoms with E-state index in [4.69, 9.17) is 27.9 Å². The van der Waals surface area contributed by atoms with Crippen molar-refractivity contribution in [2.45, 2.75) is 25.5 Å². The first-order valence-corrected chi connectivity index (χ1v) is 10.4. The number of hydrogen-bond donors (Lipinski definition) is 0. The summed E-state index contributed by atoms with van der Waals surface area (Å²) in [6.45, 7) is 1.67. The van der Waals surface area contributed by atoms with Crippen LogP contribution in [0.3, 0.4) is 0 Å². The van der Waals surface area contributed by atoms with Crippen molar-refractivity contribution in [1.82, 2.24) is 4.90 Å². The van der Waals surface area contributed by atoms with Crippen LogP contribution in [0.1, 0.15) is 30.1 Å². The van der Waals surface area contributed by atoms with Gasteiger partial charge in [-0.15, -0.1) is 0 Å². The molecular weight excluding hydrogens is 408 g/mol. The zero-order valence-electron chi connectivity index (χ0n) is 16.3. The van der Waals surface area contributed by atoms with Gasteiger partial charge in [0, 0.05) is 17.6 Å². The normalized spacial score (nSPS) is 12.2. The minimum atomic E-state index is -0.209. The molecule has 0 radical (unpaired) electrons. The third kappa shape index (κ3) is 6.74. The molecule has 0 saturated heterocycles. The second-order valence-electron chi connectivity index (χ2n) is 7.10. The Labute approximate surface area is 181 Å². The predicted octanol–water partition coefficient (Wildman–Crippen LogP) is 7.16. The number of ether oxygens (including phenoxy) is 1. The number of nitrogens with zero attached hydrogens (tertiary/aromatic N) is 1. The van der Waals surface area contributed by atoms with Crippen LogP contribution in [0.5, 0.6) is 5.75 Å². The maximum atomic E-state index is 13.1. The second-order valence-corrected chi connectivity index (χ2v) is 7.94. The lowest BCUT2D eigenvalue weighted by atomic mass is 10.0. The van der Waals surface area contributed by atoms with Crippen LogP contribution >= 0.6 is 23.2 Å². The zero-order valence-corrected chi connectivity index (χ0v) is 17.8. The summed E-state index contributed by atoms with van der Waals surface area (Å²) >= 11 is 12.4. The first kappa shape index (κ1) is 21.6. The smallest absolute Gasteiger partial charge is 0.140 e. The fraction of sp³-hybridized carbons (Fsp3) is 0.250. The van der Waals surface area contributed by atoms with Crippen LogP contribution in [-0.2, 0) is 6.54 Å². The van der Waals surface area contributed by atoms with Gasteiger partial charge in [-0.1, -0.05) is 65.7 Å². The number of hydrogen-bond acceptors (Lipinski definition) is 2. The fourth-order valence-corrected chi connectivity index (χ4v) is 3.53. The van der Waals surface area contributed by atoms with Gasteiger partial charge >= 0.3 is 0 Å². The van der Waals surface area contributed by atoms with Crippen molar-refractivity contribution >= 4 is 23.2 Å². The maximum Gasteiger partial charge on any atom is 0.140 e. The Kier molecular flexibility index (Phi) is 7.93. The molecule has 3 rings (SSSR count). The average Bonchev–Trinajstić information content (AvgIpc) is 2.72. The van der Waals surface area contributed by atoms with Crippen LogP contribution in [0.25, 0.3) is 0 Å². The molecule has 0 heterocycles. The Balaban J connectivity index is 1.61. The van der Waals surface area contributed by atoms with E-state index in [1.54, 1.807) is 18.2 Å². The summed E-state index contributed by atoms with van der Waals surface area (Å²) in [7, 11) is 2.07.